The van der Waals surface area contributed by atoms with Crippen LogP contribution in [-0.2, 0) is 0 Å². The summed E-state index contributed by atoms with van der Waals surface area (Å²) in [6.45, 7) is 2.38. The summed E-state index contributed by atoms with van der Waals surface area (Å²) in [4.78, 5) is 0. The van der Waals surface area contributed by atoms with E-state index in [2.05, 4.69) is 30.3 Å². The second kappa shape index (κ2) is 4.89. The van der Waals surface area contributed by atoms with Crippen molar-refractivity contribution in [3.63, 3.8) is 0 Å². The predicted molar refractivity (Wildman–Crippen MR) is 64.9 cm³/mol. The third-order valence-corrected chi connectivity index (χ3v) is 4.88. The van der Waals surface area contributed by atoms with Crippen LogP contribution in [0.3, 0.4) is 0 Å². The van der Waals surface area contributed by atoms with Crippen LogP contribution in [0.1, 0.15) is 45.4 Å². The summed E-state index contributed by atoms with van der Waals surface area (Å²) in [5.74, 6) is 1.00. The third-order valence-electron chi connectivity index (χ3n) is 3.79. The normalized spacial score (nSPS) is 35.6. The van der Waals surface area contributed by atoms with Gasteiger partial charge in [-0.2, -0.15) is 11.8 Å². The lowest BCUT2D eigenvalue weighted by Gasteiger charge is -2.31. The summed E-state index contributed by atoms with van der Waals surface area (Å²) in [6, 6.07) is 1.59. The second-order valence-corrected chi connectivity index (χ2v) is 6.15. The van der Waals surface area contributed by atoms with Crippen molar-refractivity contribution in [3.05, 3.63) is 0 Å². The van der Waals surface area contributed by atoms with Crippen molar-refractivity contribution in [2.24, 2.45) is 5.92 Å². The Morgan fingerprint density at radius 1 is 1.21 bits per heavy atom. The molecule has 0 spiro atoms. The van der Waals surface area contributed by atoms with Gasteiger partial charge in [0.2, 0.25) is 0 Å². The van der Waals surface area contributed by atoms with Gasteiger partial charge >= 0.3 is 0 Å². The molecule has 2 aliphatic carbocycles. The first-order valence-electron chi connectivity index (χ1n) is 6.08. The van der Waals surface area contributed by atoms with Gasteiger partial charge in [0.1, 0.15) is 0 Å². The topological polar surface area (TPSA) is 12.0 Å². The van der Waals surface area contributed by atoms with Gasteiger partial charge in [0.25, 0.3) is 0 Å². The highest BCUT2D eigenvalue weighted by Crippen LogP contribution is 2.34. The summed E-state index contributed by atoms with van der Waals surface area (Å²) >= 11 is 2.06. The maximum atomic E-state index is 3.83. The molecule has 3 atom stereocenters. The largest absolute Gasteiger partial charge is 0.311 e. The number of hydrogen-bond acceptors (Lipinski definition) is 2. The zero-order valence-corrected chi connectivity index (χ0v) is 10.3. The van der Waals surface area contributed by atoms with Gasteiger partial charge in [-0.15, -0.1) is 0 Å². The number of hydrogen-bond donors (Lipinski definition) is 1. The Balaban J connectivity index is 1.73. The zero-order valence-electron chi connectivity index (χ0n) is 9.46. The Morgan fingerprint density at radius 2 is 2.00 bits per heavy atom. The van der Waals surface area contributed by atoms with Crippen LogP contribution in [0, 0.1) is 5.92 Å². The molecular formula is C12H23NS. The molecule has 3 unspecified atom stereocenters. The van der Waals surface area contributed by atoms with E-state index in [9.17, 15) is 0 Å². The van der Waals surface area contributed by atoms with E-state index in [0.29, 0.717) is 0 Å². The molecule has 0 radical (unpaired) electrons. The van der Waals surface area contributed by atoms with Gasteiger partial charge in [-0.25, -0.2) is 0 Å². The van der Waals surface area contributed by atoms with Crippen LogP contribution >= 0.6 is 11.8 Å². The zero-order chi connectivity index (χ0) is 9.97. The Labute approximate surface area is 92.4 Å². The molecule has 2 saturated carbocycles. The minimum Gasteiger partial charge on any atom is -0.311 e. The van der Waals surface area contributed by atoms with Gasteiger partial charge in [-0.3, -0.25) is 0 Å². The van der Waals surface area contributed by atoms with Crippen LogP contribution in [0.2, 0.25) is 0 Å². The molecule has 0 heterocycles. The number of thioether (sulfide) groups is 1. The van der Waals surface area contributed by atoms with Crippen LogP contribution < -0.4 is 5.32 Å². The van der Waals surface area contributed by atoms with E-state index in [1.54, 1.807) is 0 Å². The Morgan fingerprint density at radius 3 is 2.64 bits per heavy atom. The van der Waals surface area contributed by atoms with Crippen LogP contribution in [0.15, 0.2) is 0 Å². The summed E-state index contributed by atoms with van der Waals surface area (Å²) < 4.78 is 0. The van der Waals surface area contributed by atoms with E-state index in [4.69, 9.17) is 0 Å². The maximum absolute atomic E-state index is 3.83. The van der Waals surface area contributed by atoms with Crippen LogP contribution in [-0.4, -0.2) is 23.6 Å². The second-order valence-electron chi connectivity index (χ2n) is 5.01. The minimum atomic E-state index is 0.778. The lowest BCUT2D eigenvalue weighted by atomic mass is 9.94. The first-order valence-corrected chi connectivity index (χ1v) is 7.37. The van der Waals surface area contributed by atoms with Crippen LogP contribution in [0.4, 0.5) is 0 Å². The molecule has 2 rings (SSSR count). The number of nitrogens with one attached hydrogen (secondary N) is 1. The molecule has 0 aromatic rings. The average molecular weight is 213 g/mol. The van der Waals surface area contributed by atoms with Crippen molar-refractivity contribution in [1.82, 2.24) is 5.32 Å². The van der Waals surface area contributed by atoms with Gasteiger partial charge < -0.3 is 5.32 Å². The predicted octanol–water partition coefficient (Wildman–Crippen LogP) is 3.05. The molecule has 1 nitrogen and oxygen atoms in total. The third kappa shape index (κ3) is 2.90. The Hall–Kier alpha value is 0.310. The Bertz CT molecular complexity index is 179. The fourth-order valence-electron chi connectivity index (χ4n) is 2.61. The quantitative estimate of drug-likeness (QED) is 0.770. The van der Waals surface area contributed by atoms with Crippen molar-refractivity contribution in [1.29, 1.82) is 0 Å². The average Bonchev–Trinajstić information content (AvgIpc) is 3.01. The molecule has 82 valence electrons. The van der Waals surface area contributed by atoms with E-state index >= 15 is 0 Å². The fourth-order valence-corrected chi connectivity index (χ4v) is 3.44. The standard InChI is InChI=1S/C12H23NS/c1-9(10-6-7-10)13-11-4-3-5-12(8-11)14-2/h9-13H,3-8H2,1-2H3. The van der Waals surface area contributed by atoms with Gasteiger partial charge in [0.15, 0.2) is 0 Å². The van der Waals surface area contributed by atoms with Crippen molar-refractivity contribution in [2.45, 2.75) is 62.8 Å². The van der Waals surface area contributed by atoms with E-state index in [0.717, 1.165) is 23.3 Å². The fraction of sp³-hybridized carbons (Fsp3) is 1.00. The first kappa shape index (κ1) is 10.8. The van der Waals surface area contributed by atoms with Crippen molar-refractivity contribution in [3.8, 4) is 0 Å². The van der Waals surface area contributed by atoms with E-state index in [-0.39, 0.29) is 0 Å². The molecule has 0 amide bonds. The molecule has 0 saturated heterocycles. The van der Waals surface area contributed by atoms with Gasteiger partial charge in [0.05, 0.1) is 0 Å². The lowest BCUT2D eigenvalue weighted by Crippen LogP contribution is -2.41. The molecule has 2 aliphatic rings. The molecular weight excluding hydrogens is 190 g/mol. The molecule has 0 aromatic heterocycles. The van der Waals surface area contributed by atoms with Crippen LogP contribution in [0.25, 0.3) is 0 Å². The van der Waals surface area contributed by atoms with E-state index < -0.39 is 0 Å². The van der Waals surface area contributed by atoms with Gasteiger partial charge in [-0.05, 0) is 51.2 Å². The molecule has 0 aliphatic heterocycles. The highest BCUT2D eigenvalue weighted by molar-refractivity contribution is 7.99. The molecule has 0 bridgehead atoms. The highest BCUT2D eigenvalue weighted by atomic mass is 32.2. The van der Waals surface area contributed by atoms with Crippen molar-refractivity contribution < 1.29 is 0 Å². The summed E-state index contributed by atoms with van der Waals surface area (Å²) in [5, 5.41) is 4.76. The molecule has 2 fully saturated rings. The maximum Gasteiger partial charge on any atom is 0.00801 e. The smallest absolute Gasteiger partial charge is 0.00801 e. The summed E-state index contributed by atoms with van der Waals surface area (Å²) in [5.41, 5.74) is 0. The minimum absolute atomic E-state index is 0.778. The van der Waals surface area contributed by atoms with Crippen molar-refractivity contribution in [2.75, 3.05) is 6.26 Å². The molecule has 1 N–H and O–H groups in total. The Kier molecular flexibility index (Phi) is 3.78. The molecule has 2 heteroatoms. The highest BCUT2D eigenvalue weighted by Gasteiger charge is 2.30. The molecule has 14 heavy (non-hydrogen) atoms. The summed E-state index contributed by atoms with van der Waals surface area (Å²) in [6.07, 6.45) is 10.9. The van der Waals surface area contributed by atoms with Crippen molar-refractivity contribution >= 4 is 11.8 Å². The first-order chi connectivity index (χ1) is 6.79. The monoisotopic (exact) mass is 213 g/mol. The molecule has 0 aromatic carbocycles. The van der Waals surface area contributed by atoms with E-state index in [1.165, 1.54) is 38.5 Å². The summed E-state index contributed by atoms with van der Waals surface area (Å²) in [7, 11) is 0. The van der Waals surface area contributed by atoms with Crippen LogP contribution in [0.5, 0.6) is 0 Å². The van der Waals surface area contributed by atoms with Gasteiger partial charge in [0, 0.05) is 17.3 Å². The SMILES string of the molecule is CSC1CCCC(NC(C)C2CC2)C1. The van der Waals surface area contributed by atoms with Gasteiger partial charge in [-0.1, -0.05) is 6.42 Å². The lowest BCUT2D eigenvalue weighted by molar-refractivity contribution is 0.335. The van der Waals surface area contributed by atoms with E-state index in [1.807, 2.05) is 0 Å². The number of rotatable bonds is 4.